The number of hydrogen-bond acceptors (Lipinski definition) is 5. The summed E-state index contributed by atoms with van der Waals surface area (Å²) in [5.74, 6) is 0.673. The lowest BCUT2D eigenvalue weighted by atomic mass is 9.92. The molecule has 0 saturated carbocycles. The first-order chi connectivity index (χ1) is 32.6. The molecule has 0 N–H and O–H groups in total. The van der Waals surface area contributed by atoms with Crippen molar-refractivity contribution in [2.24, 2.45) is 0 Å². The highest BCUT2D eigenvalue weighted by molar-refractivity contribution is 6.11. The Hall–Kier alpha value is -9.36. The SMILES string of the molecule is N#Cc1cc(-n2c3ccccc3c3cc(N(c4ccccc4)c4ccccc4)ccc32)cc(C#N)c1-c1ccc(-c2ccc(-c3cc(-c4ccccc4)nc(-c4ccccc4)n3)cc2)cc1. The number of aromatic nitrogens is 3. The lowest BCUT2D eigenvalue weighted by Crippen LogP contribution is -2.09. The van der Waals surface area contributed by atoms with Gasteiger partial charge in [-0.15, -0.1) is 0 Å². The first-order valence-corrected chi connectivity index (χ1v) is 21.8. The van der Waals surface area contributed by atoms with Crippen LogP contribution in [0.5, 0.6) is 0 Å². The van der Waals surface area contributed by atoms with Gasteiger partial charge >= 0.3 is 0 Å². The van der Waals surface area contributed by atoms with Crippen molar-refractivity contribution in [3.8, 4) is 74.0 Å². The maximum absolute atomic E-state index is 10.7. The average Bonchev–Trinajstić information content (AvgIpc) is 3.73. The number of para-hydroxylation sites is 3. The van der Waals surface area contributed by atoms with Crippen LogP contribution in [0.3, 0.4) is 0 Å². The molecular weight excluding hydrogens is 805 g/mol. The highest BCUT2D eigenvalue weighted by atomic mass is 15.1. The molecule has 0 aliphatic heterocycles. The Morgan fingerprint density at radius 2 is 0.818 bits per heavy atom. The number of rotatable bonds is 9. The lowest BCUT2D eigenvalue weighted by Gasteiger charge is -2.25. The van der Waals surface area contributed by atoms with Crippen molar-refractivity contribution in [1.29, 1.82) is 10.5 Å². The Labute approximate surface area is 382 Å². The van der Waals surface area contributed by atoms with E-state index in [0.29, 0.717) is 22.5 Å². The number of anilines is 3. The topological polar surface area (TPSA) is 81.5 Å². The number of hydrogen-bond donors (Lipinski definition) is 0. The van der Waals surface area contributed by atoms with Crippen LogP contribution in [-0.4, -0.2) is 14.5 Å². The molecule has 0 atom stereocenters. The molecule has 0 aliphatic rings. The van der Waals surface area contributed by atoms with Crippen LogP contribution in [0.2, 0.25) is 0 Å². The Morgan fingerprint density at radius 3 is 1.38 bits per heavy atom. The van der Waals surface area contributed by atoms with Gasteiger partial charge in [0.15, 0.2) is 5.82 Å². The van der Waals surface area contributed by atoms with Gasteiger partial charge < -0.3 is 9.47 Å². The Kier molecular flexibility index (Phi) is 10.2. The second-order valence-corrected chi connectivity index (χ2v) is 16.0. The molecule has 0 radical (unpaired) electrons. The van der Waals surface area contributed by atoms with Crippen molar-refractivity contribution >= 4 is 38.9 Å². The predicted molar refractivity (Wildman–Crippen MR) is 268 cm³/mol. The standard InChI is InChI=1S/C60H38N6/c61-39-47-35-52(66-57-24-14-13-23-53(57)54-37-51(33-34-58(54)66)65(49-19-9-3-10-20-49)50-21-11-4-12-22-50)36-48(40-62)59(47)45-31-27-42(28-32-45)41-25-29-44(30-26-41)56-38-55(43-15-5-1-6-16-43)63-60(64-56)46-17-7-2-8-18-46/h1-38H. The molecular formula is C60H38N6. The fraction of sp³-hybridized carbons (Fsp3) is 0. The summed E-state index contributed by atoms with van der Waals surface area (Å²) < 4.78 is 2.16. The molecule has 0 saturated heterocycles. The van der Waals surface area contributed by atoms with E-state index < -0.39 is 0 Å². The monoisotopic (exact) mass is 842 g/mol. The average molecular weight is 843 g/mol. The van der Waals surface area contributed by atoms with Gasteiger partial charge in [0.25, 0.3) is 0 Å². The molecule has 0 bridgehead atoms. The maximum Gasteiger partial charge on any atom is 0.160 e. The van der Waals surface area contributed by atoms with E-state index in [-0.39, 0.29) is 0 Å². The van der Waals surface area contributed by atoms with Gasteiger partial charge in [0.05, 0.1) is 45.7 Å². The summed E-state index contributed by atoms with van der Waals surface area (Å²) >= 11 is 0. The van der Waals surface area contributed by atoms with E-state index in [1.807, 2.05) is 109 Å². The van der Waals surface area contributed by atoms with Gasteiger partial charge in [-0.2, -0.15) is 10.5 Å². The molecule has 11 aromatic rings. The second-order valence-electron chi connectivity index (χ2n) is 16.0. The summed E-state index contributed by atoms with van der Waals surface area (Å²) in [7, 11) is 0. The number of fused-ring (bicyclic) bond motifs is 3. The molecule has 0 fully saturated rings. The fourth-order valence-electron chi connectivity index (χ4n) is 8.95. The summed E-state index contributed by atoms with van der Waals surface area (Å²) in [5, 5.41) is 23.5. The first kappa shape index (κ1) is 39.5. The van der Waals surface area contributed by atoms with Gasteiger partial charge in [0.2, 0.25) is 0 Å². The third kappa shape index (κ3) is 7.31. The number of benzene rings is 9. The summed E-state index contributed by atoms with van der Waals surface area (Å²) in [4.78, 5) is 12.2. The molecule has 2 heterocycles. The number of nitrogens with zero attached hydrogens (tertiary/aromatic N) is 6. The van der Waals surface area contributed by atoms with Crippen molar-refractivity contribution in [1.82, 2.24) is 14.5 Å². The molecule has 308 valence electrons. The highest BCUT2D eigenvalue weighted by Gasteiger charge is 2.20. The van der Waals surface area contributed by atoms with Crippen molar-refractivity contribution < 1.29 is 0 Å². The van der Waals surface area contributed by atoms with Crippen LogP contribution < -0.4 is 4.90 Å². The van der Waals surface area contributed by atoms with Crippen LogP contribution in [0.15, 0.2) is 231 Å². The van der Waals surface area contributed by atoms with Crippen LogP contribution in [0.1, 0.15) is 11.1 Å². The molecule has 0 aliphatic carbocycles. The molecule has 0 amide bonds. The highest BCUT2D eigenvalue weighted by Crippen LogP contribution is 2.41. The molecule has 11 rings (SSSR count). The van der Waals surface area contributed by atoms with E-state index >= 15 is 0 Å². The molecule has 9 aromatic carbocycles. The maximum atomic E-state index is 10.7. The zero-order valence-corrected chi connectivity index (χ0v) is 35.6. The van der Waals surface area contributed by atoms with Crippen molar-refractivity contribution in [3.63, 3.8) is 0 Å². The third-order valence-electron chi connectivity index (χ3n) is 12.1. The normalized spacial score (nSPS) is 11.0. The second kappa shape index (κ2) is 17.1. The van der Waals surface area contributed by atoms with Gasteiger partial charge in [-0.05, 0) is 83.4 Å². The van der Waals surface area contributed by atoms with Gasteiger partial charge in [-0.3, -0.25) is 0 Å². The van der Waals surface area contributed by atoms with Crippen molar-refractivity contribution in [3.05, 3.63) is 242 Å². The Morgan fingerprint density at radius 1 is 0.364 bits per heavy atom. The first-order valence-electron chi connectivity index (χ1n) is 21.8. The van der Waals surface area contributed by atoms with Crippen LogP contribution >= 0.6 is 0 Å². The van der Waals surface area contributed by atoms with E-state index in [9.17, 15) is 10.5 Å². The molecule has 6 heteroatoms. The summed E-state index contributed by atoms with van der Waals surface area (Å²) in [6.45, 7) is 0. The lowest BCUT2D eigenvalue weighted by molar-refractivity contribution is 1.17. The van der Waals surface area contributed by atoms with Crippen molar-refractivity contribution in [2.75, 3.05) is 4.90 Å². The molecule has 6 nitrogen and oxygen atoms in total. The van der Waals surface area contributed by atoms with Crippen molar-refractivity contribution in [2.45, 2.75) is 0 Å². The quantitative estimate of drug-likeness (QED) is 0.145. The fourth-order valence-corrected chi connectivity index (χ4v) is 8.95. The van der Waals surface area contributed by atoms with Gasteiger partial charge in [0, 0.05) is 55.8 Å². The summed E-state index contributed by atoms with van der Waals surface area (Å²) in [5.41, 5.74) is 14.8. The zero-order chi connectivity index (χ0) is 44.4. The summed E-state index contributed by atoms with van der Waals surface area (Å²) in [6, 6.07) is 83.0. The minimum absolute atomic E-state index is 0.428. The van der Waals surface area contributed by atoms with Gasteiger partial charge in [-0.25, -0.2) is 9.97 Å². The van der Waals surface area contributed by atoms with E-state index in [0.717, 1.165) is 89.3 Å². The minimum atomic E-state index is 0.428. The molecule has 2 aromatic heterocycles. The molecule has 0 unspecified atom stereocenters. The van der Waals surface area contributed by atoms with Crippen LogP contribution in [0.4, 0.5) is 17.1 Å². The zero-order valence-electron chi connectivity index (χ0n) is 35.6. The van der Waals surface area contributed by atoms with Gasteiger partial charge in [0.1, 0.15) is 0 Å². The molecule has 0 spiro atoms. The third-order valence-corrected chi connectivity index (χ3v) is 12.1. The predicted octanol–water partition coefficient (Wildman–Crippen LogP) is 15.1. The Balaban J connectivity index is 0.932. The summed E-state index contributed by atoms with van der Waals surface area (Å²) in [6.07, 6.45) is 0. The van der Waals surface area contributed by atoms with E-state index in [1.165, 1.54) is 0 Å². The Bertz CT molecular complexity index is 3490. The number of nitriles is 2. The van der Waals surface area contributed by atoms with E-state index in [2.05, 4.69) is 143 Å². The van der Waals surface area contributed by atoms with Crippen LogP contribution in [-0.2, 0) is 0 Å². The molecule has 66 heavy (non-hydrogen) atoms. The minimum Gasteiger partial charge on any atom is -0.310 e. The smallest absolute Gasteiger partial charge is 0.160 e. The van der Waals surface area contributed by atoms with Crippen LogP contribution in [0, 0.1) is 22.7 Å². The largest absolute Gasteiger partial charge is 0.310 e. The van der Waals surface area contributed by atoms with E-state index in [1.54, 1.807) is 0 Å². The van der Waals surface area contributed by atoms with Crippen LogP contribution in [0.25, 0.3) is 83.6 Å². The van der Waals surface area contributed by atoms with E-state index in [4.69, 9.17) is 9.97 Å². The van der Waals surface area contributed by atoms with Gasteiger partial charge in [-0.1, -0.05) is 164 Å².